The molecule has 0 saturated carbocycles. The maximum absolute atomic E-state index is 12.0. The zero-order valence-corrected chi connectivity index (χ0v) is 13.1. The molecule has 0 spiro atoms. The van der Waals surface area contributed by atoms with Gasteiger partial charge in [0.05, 0.1) is 6.61 Å². The van der Waals surface area contributed by atoms with Crippen molar-refractivity contribution in [3.05, 3.63) is 60.2 Å². The average Bonchev–Trinajstić information content (AvgIpc) is 2.55. The number of hydrogen-bond acceptors (Lipinski definition) is 2. The molecule has 0 aromatic heterocycles. The first-order chi connectivity index (χ1) is 10.7. The quantitative estimate of drug-likeness (QED) is 0.824. The highest BCUT2D eigenvalue weighted by Crippen LogP contribution is 2.15. The summed E-state index contributed by atoms with van der Waals surface area (Å²) in [5, 5.41) is 4.92. The molecule has 116 valence electrons. The van der Waals surface area contributed by atoms with Crippen LogP contribution in [0, 0.1) is 0 Å². The standard InChI is InChI=1S/C18H22N2O2/c1-3-22-17-11-9-16(10-12-17)20-18(21)13-19-14(2)15-7-5-4-6-8-15/h4-12,14,19H,3,13H2,1-2H3,(H,20,21)/p+1/t14-/m1/s1. The van der Waals surface area contributed by atoms with Crippen LogP contribution in [0.2, 0.25) is 0 Å². The zero-order valence-electron chi connectivity index (χ0n) is 13.1. The molecule has 4 nitrogen and oxygen atoms in total. The summed E-state index contributed by atoms with van der Waals surface area (Å²) in [4.78, 5) is 12.0. The van der Waals surface area contributed by atoms with Crippen LogP contribution >= 0.6 is 0 Å². The third-order valence-corrected chi connectivity index (χ3v) is 3.43. The number of nitrogens with one attached hydrogen (secondary N) is 1. The molecule has 0 aliphatic carbocycles. The molecule has 2 rings (SSSR count). The number of anilines is 1. The van der Waals surface area contributed by atoms with Crippen LogP contribution < -0.4 is 15.4 Å². The Bertz CT molecular complexity index is 582. The van der Waals surface area contributed by atoms with Crippen LogP contribution in [0.4, 0.5) is 5.69 Å². The zero-order chi connectivity index (χ0) is 15.8. The van der Waals surface area contributed by atoms with Crippen LogP contribution in [0.15, 0.2) is 54.6 Å². The lowest BCUT2D eigenvalue weighted by molar-refractivity contribution is -0.682. The van der Waals surface area contributed by atoms with Crippen molar-refractivity contribution in [2.45, 2.75) is 19.9 Å². The fourth-order valence-corrected chi connectivity index (χ4v) is 2.19. The molecule has 0 saturated heterocycles. The summed E-state index contributed by atoms with van der Waals surface area (Å²) < 4.78 is 5.37. The van der Waals surface area contributed by atoms with Crippen LogP contribution in [0.1, 0.15) is 25.5 Å². The third-order valence-electron chi connectivity index (χ3n) is 3.43. The maximum atomic E-state index is 12.0. The van der Waals surface area contributed by atoms with Gasteiger partial charge in [0.15, 0.2) is 6.54 Å². The van der Waals surface area contributed by atoms with Crippen LogP contribution in [-0.4, -0.2) is 19.1 Å². The van der Waals surface area contributed by atoms with Crippen molar-refractivity contribution in [1.29, 1.82) is 0 Å². The Morgan fingerprint density at radius 2 is 1.82 bits per heavy atom. The Hall–Kier alpha value is -2.33. The predicted octanol–water partition coefficient (Wildman–Crippen LogP) is 2.35. The number of rotatable bonds is 7. The summed E-state index contributed by atoms with van der Waals surface area (Å²) >= 11 is 0. The summed E-state index contributed by atoms with van der Waals surface area (Å²) in [7, 11) is 0. The number of carbonyl (C=O) groups is 1. The smallest absolute Gasteiger partial charge is 0.279 e. The van der Waals surface area contributed by atoms with Gasteiger partial charge in [-0.05, 0) is 38.1 Å². The van der Waals surface area contributed by atoms with E-state index in [2.05, 4.69) is 24.4 Å². The number of amides is 1. The molecule has 0 aliphatic heterocycles. The number of benzene rings is 2. The van der Waals surface area contributed by atoms with Crippen molar-refractivity contribution in [2.75, 3.05) is 18.5 Å². The van der Waals surface area contributed by atoms with Gasteiger partial charge in [0.1, 0.15) is 11.8 Å². The first kappa shape index (κ1) is 16.0. The molecule has 1 atom stereocenters. The van der Waals surface area contributed by atoms with Crippen molar-refractivity contribution in [3.8, 4) is 5.75 Å². The number of nitrogens with two attached hydrogens (primary N) is 1. The molecule has 0 radical (unpaired) electrons. The molecule has 0 aliphatic rings. The lowest BCUT2D eigenvalue weighted by atomic mass is 10.1. The molecule has 0 heterocycles. The van der Waals surface area contributed by atoms with E-state index < -0.39 is 0 Å². The highest BCUT2D eigenvalue weighted by molar-refractivity contribution is 5.91. The van der Waals surface area contributed by atoms with Gasteiger partial charge >= 0.3 is 0 Å². The van der Waals surface area contributed by atoms with Crippen LogP contribution in [0.3, 0.4) is 0 Å². The van der Waals surface area contributed by atoms with Crippen molar-refractivity contribution in [1.82, 2.24) is 0 Å². The number of ether oxygens (including phenoxy) is 1. The van der Waals surface area contributed by atoms with Gasteiger partial charge in [-0.25, -0.2) is 0 Å². The number of hydrogen-bond donors (Lipinski definition) is 2. The second-order valence-electron chi connectivity index (χ2n) is 5.14. The van der Waals surface area contributed by atoms with E-state index in [1.807, 2.05) is 54.7 Å². The maximum Gasteiger partial charge on any atom is 0.279 e. The monoisotopic (exact) mass is 299 g/mol. The Balaban J connectivity index is 1.80. The minimum Gasteiger partial charge on any atom is -0.494 e. The molecular formula is C18H23N2O2+. The molecule has 2 aromatic carbocycles. The van der Waals surface area contributed by atoms with E-state index in [1.54, 1.807) is 0 Å². The van der Waals surface area contributed by atoms with Gasteiger partial charge < -0.3 is 15.4 Å². The lowest BCUT2D eigenvalue weighted by Crippen LogP contribution is -2.86. The fourth-order valence-electron chi connectivity index (χ4n) is 2.19. The van der Waals surface area contributed by atoms with Crippen molar-refractivity contribution in [2.24, 2.45) is 0 Å². The number of quaternary nitrogens is 1. The Morgan fingerprint density at radius 1 is 1.14 bits per heavy atom. The van der Waals surface area contributed by atoms with Gasteiger partial charge in [0, 0.05) is 11.3 Å². The number of carbonyl (C=O) groups excluding carboxylic acids is 1. The molecule has 3 N–H and O–H groups in total. The average molecular weight is 299 g/mol. The van der Waals surface area contributed by atoms with E-state index in [9.17, 15) is 4.79 Å². The van der Waals surface area contributed by atoms with E-state index in [0.717, 1.165) is 11.4 Å². The molecule has 1 amide bonds. The molecule has 0 unspecified atom stereocenters. The largest absolute Gasteiger partial charge is 0.494 e. The van der Waals surface area contributed by atoms with Gasteiger partial charge in [-0.1, -0.05) is 30.3 Å². The van der Waals surface area contributed by atoms with Gasteiger partial charge in [-0.3, -0.25) is 4.79 Å². The topological polar surface area (TPSA) is 54.9 Å². The molecule has 2 aromatic rings. The minimum absolute atomic E-state index is 0.00746. The van der Waals surface area contributed by atoms with Crippen LogP contribution in [0.5, 0.6) is 5.75 Å². The first-order valence-corrected chi connectivity index (χ1v) is 7.60. The third kappa shape index (κ3) is 4.90. The van der Waals surface area contributed by atoms with Gasteiger partial charge in [0.25, 0.3) is 5.91 Å². The summed E-state index contributed by atoms with van der Waals surface area (Å²) in [6.07, 6.45) is 0. The highest BCUT2D eigenvalue weighted by atomic mass is 16.5. The Kier molecular flexibility index (Phi) is 5.98. The molecule has 0 fully saturated rings. The summed E-state index contributed by atoms with van der Waals surface area (Å²) in [6, 6.07) is 17.8. The second kappa shape index (κ2) is 8.20. The van der Waals surface area contributed by atoms with Crippen molar-refractivity contribution >= 4 is 11.6 Å². The molecule has 22 heavy (non-hydrogen) atoms. The summed E-state index contributed by atoms with van der Waals surface area (Å²) in [5.41, 5.74) is 2.01. The van der Waals surface area contributed by atoms with Gasteiger partial charge in [0.2, 0.25) is 0 Å². The first-order valence-electron chi connectivity index (χ1n) is 7.60. The summed E-state index contributed by atoms with van der Waals surface area (Å²) in [6.45, 7) is 5.07. The van der Waals surface area contributed by atoms with E-state index >= 15 is 0 Å². The lowest BCUT2D eigenvalue weighted by Gasteiger charge is -2.11. The fraction of sp³-hybridized carbons (Fsp3) is 0.278. The van der Waals surface area contributed by atoms with E-state index in [4.69, 9.17) is 4.74 Å². The van der Waals surface area contributed by atoms with E-state index in [1.165, 1.54) is 5.56 Å². The normalized spacial score (nSPS) is 11.7. The minimum atomic E-state index is -0.00746. The van der Waals surface area contributed by atoms with Crippen LogP contribution in [0.25, 0.3) is 0 Å². The predicted molar refractivity (Wildman–Crippen MR) is 87.9 cm³/mol. The van der Waals surface area contributed by atoms with Crippen LogP contribution in [-0.2, 0) is 4.79 Å². The Labute approximate surface area is 131 Å². The molecular weight excluding hydrogens is 276 g/mol. The molecule has 4 heteroatoms. The van der Waals surface area contributed by atoms with Gasteiger partial charge in [-0.15, -0.1) is 0 Å². The highest BCUT2D eigenvalue weighted by Gasteiger charge is 2.11. The van der Waals surface area contributed by atoms with E-state index in [0.29, 0.717) is 13.2 Å². The summed E-state index contributed by atoms with van der Waals surface area (Å²) in [5.74, 6) is 0.803. The molecule has 0 bridgehead atoms. The van der Waals surface area contributed by atoms with Gasteiger partial charge in [-0.2, -0.15) is 0 Å². The van der Waals surface area contributed by atoms with E-state index in [-0.39, 0.29) is 11.9 Å². The van der Waals surface area contributed by atoms with Crippen molar-refractivity contribution in [3.63, 3.8) is 0 Å². The van der Waals surface area contributed by atoms with Crippen molar-refractivity contribution < 1.29 is 14.8 Å². The SMILES string of the molecule is CCOc1ccc(NC(=O)C[NH2+][C@H](C)c2ccccc2)cc1. The second-order valence-corrected chi connectivity index (χ2v) is 5.14. The Morgan fingerprint density at radius 3 is 2.45 bits per heavy atom.